The maximum Gasteiger partial charge on any atom is 0.256 e. The van der Waals surface area contributed by atoms with Gasteiger partial charge in [-0.2, -0.15) is 5.10 Å². The van der Waals surface area contributed by atoms with Gasteiger partial charge in [0.2, 0.25) is 0 Å². The van der Waals surface area contributed by atoms with Crippen molar-refractivity contribution < 1.29 is 4.79 Å². The Morgan fingerprint density at radius 3 is 2.90 bits per heavy atom. The molecular weight excluding hydrogens is 262 g/mol. The molecule has 4 rings (SSSR count). The van der Waals surface area contributed by atoms with Gasteiger partial charge in [0.15, 0.2) is 0 Å². The lowest BCUT2D eigenvalue weighted by Gasteiger charge is -2.06. The molecule has 2 N–H and O–H groups in total. The van der Waals surface area contributed by atoms with Crippen LogP contribution < -0.4 is 5.32 Å². The summed E-state index contributed by atoms with van der Waals surface area (Å²) in [6, 6.07) is 13.8. The number of aromatic nitrogens is 2. The number of nitrogens with one attached hydrogen (secondary N) is 2. The number of H-pyrrole nitrogens is 1. The number of amides is 1. The van der Waals surface area contributed by atoms with E-state index in [9.17, 15) is 4.79 Å². The SMILES string of the molecule is C/C(=C1\C(=O)Nc2ccccc21)c1ccc2cn[nH]c2c1. The highest BCUT2D eigenvalue weighted by Gasteiger charge is 2.25. The third-order valence-electron chi connectivity index (χ3n) is 3.92. The minimum Gasteiger partial charge on any atom is -0.321 e. The minimum absolute atomic E-state index is 0.0431. The first kappa shape index (κ1) is 11.9. The van der Waals surface area contributed by atoms with Crippen molar-refractivity contribution in [2.24, 2.45) is 0 Å². The van der Waals surface area contributed by atoms with Crippen LogP contribution in [0.15, 0.2) is 48.7 Å². The molecule has 1 amide bonds. The number of hydrogen-bond acceptors (Lipinski definition) is 2. The van der Waals surface area contributed by atoms with Crippen LogP contribution in [0.5, 0.6) is 0 Å². The van der Waals surface area contributed by atoms with E-state index in [0.717, 1.165) is 38.9 Å². The summed E-state index contributed by atoms with van der Waals surface area (Å²) in [5, 5.41) is 11.0. The summed E-state index contributed by atoms with van der Waals surface area (Å²) in [6.45, 7) is 1.98. The van der Waals surface area contributed by atoms with Gasteiger partial charge in [-0.15, -0.1) is 0 Å². The second-order valence-corrected chi connectivity index (χ2v) is 5.17. The molecule has 0 saturated carbocycles. The highest BCUT2D eigenvalue weighted by molar-refractivity contribution is 6.36. The Balaban J connectivity index is 1.93. The molecule has 0 radical (unpaired) electrons. The normalized spacial score (nSPS) is 16.0. The van der Waals surface area contributed by atoms with Crippen molar-refractivity contribution >= 4 is 33.6 Å². The van der Waals surface area contributed by atoms with Crippen LogP contribution >= 0.6 is 0 Å². The Labute approximate surface area is 121 Å². The van der Waals surface area contributed by atoms with Gasteiger partial charge >= 0.3 is 0 Å². The lowest BCUT2D eigenvalue weighted by atomic mass is 9.96. The van der Waals surface area contributed by atoms with Gasteiger partial charge in [0.05, 0.1) is 17.3 Å². The molecule has 1 aromatic heterocycles. The van der Waals surface area contributed by atoms with Crippen molar-refractivity contribution in [3.05, 3.63) is 59.8 Å². The van der Waals surface area contributed by atoms with Gasteiger partial charge in [-0.25, -0.2) is 0 Å². The first-order chi connectivity index (χ1) is 10.2. The monoisotopic (exact) mass is 275 g/mol. The molecule has 102 valence electrons. The number of rotatable bonds is 1. The summed E-state index contributed by atoms with van der Waals surface area (Å²) >= 11 is 0. The van der Waals surface area contributed by atoms with E-state index >= 15 is 0 Å². The summed E-state index contributed by atoms with van der Waals surface area (Å²) in [6.07, 6.45) is 1.79. The fourth-order valence-corrected chi connectivity index (χ4v) is 2.80. The van der Waals surface area contributed by atoms with E-state index in [2.05, 4.69) is 15.5 Å². The average Bonchev–Trinajstić information content (AvgIpc) is 3.08. The van der Waals surface area contributed by atoms with Crippen molar-refractivity contribution in [3.8, 4) is 0 Å². The van der Waals surface area contributed by atoms with E-state index in [-0.39, 0.29) is 5.91 Å². The van der Waals surface area contributed by atoms with E-state index in [1.807, 2.05) is 49.4 Å². The topological polar surface area (TPSA) is 57.8 Å². The van der Waals surface area contributed by atoms with Crippen molar-refractivity contribution in [2.75, 3.05) is 5.32 Å². The smallest absolute Gasteiger partial charge is 0.256 e. The van der Waals surface area contributed by atoms with Crippen LogP contribution in [0.25, 0.3) is 22.0 Å². The molecular formula is C17H13N3O. The van der Waals surface area contributed by atoms with Gasteiger partial charge in [-0.1, -0.05) is 30.3 Å². The maximum atomic E-state index is 12.3. The number of carbonyl (C=O) groups excluding carboxylic acids is 1. The van der Waals surface area contributed by atoms with Gasteiger partial charge in [0.1, 0.15) is 0 Å². The zero-order valence-electron chi connectivity index (χ0n) is 11.5. The Kier molecular flexibility index (Phi) is 2.44. The largest absolute Gasteiger partial charge is 0.321 e. The molecule has 0 saturated heterocycles. The number of nitrogens with zero attached hydrogens (tertiary/aromatic N) is 1. The Morgan fingerprint density at radius 1 is 1.14 bits per heavy atom. The lowest BCUT2D eigenvalue weighted by molar-refractivity contribution is -0.110. The van der Waals surface area contributed by atoms with E-state index in [1.165, 1.54) is 0 Å². The predicted molar refractivity (Wildman–Crippen MR) is 83.7 cm³/mol. The van der Waals surface area contributed by atoms with Crippen LogP contribution in [-0.4, -0.2) is 16.1 Å². The second kappa shape index (κ2) is 4.31. The summed E-state index contributed by atoms with van der Waals surface area (Å²) in [5.74, 6) is -0.0431. The standard InChI is InChI=1S/C17H13N3O/c1-10(11-6-7-12-9-18-20-15(12)8-11)16-13-4-2-3-5-14(13)19-17(16)21/h2-9H,1H3,(H,18,20)(H,19,21)/b16-10+. The molecule has 0 bridgehead atoms. The number of aromatic amines is 1. The molecule has 0 unspecified atom stereocenters. The Bertz CT molecular complexity index is 905. The van der Waals surface area contributed by atoms with Gasteiger partial charge in [-0.05, 0) is 30.2 Å². The number of hydrogen-bond donors (Lipinski definition) is 2. The van der Waals surface area contributed by atoms with Gasteiger partial charge in [0, 0.05) is 16.6 Å². The zero-order valence-corrected chi connectivity index (χ0v) is 11.5. The van der Waals surface area contributed by atoms with Crippen LogP contribution in [0.3, 0.4) is 0 Å². The molecule has 1 aliphatic rings. The van der Waals surface area contributed by atoms with Crippen molar-refractivity contribution in [1.82, 2.24) is 10.2 Å². The quantitative estimate of drug-likeness (QED) is 0.668. The molecule has 4 nitrogen and oxygen atoms in total. The van der Waals surface area contributed by atoms with E-state index in [4.69, 9.17) is 0 Å². The summed E-state index contributed by atoms with van der Waals surface area (Å²) in [7, 11) is 0. The number of fused-ring (bicyclic) bond motifs is 2. The van der Waals surface area contributed by atoms with Crippen LogP contribution in [-0.2, 0) is 4.79 Å². The number of anilines is 1. The molecule has 21 heavy (non-hydrogen) atoms. The zero-order chi connectivity index (χ0) is 14.4. The van der Waals surface area contributed by atoms with E-state index in [0.29, 0.717) is 0 Å². The van der Waals surface area contributed by atoms with Gasteiger partial charge < -0.3 is 5.32 Å². The van der Waals surface area contributed by atoms with Crippen LogP contribution in [0.2, 0.25) is 0 Å². The minimum atomic E-state index is -0.0431. The Morgan fingerprint density at radius 2 is 2.00 bits per heavy atom. The summed E-state index contributed by atoms with van der Waals surface area (Å²) in [4.78, 5) is 12.3. The number of allylic oxidation sites excluding steroid dienone is 1. The summed E-state index contributed by atoms with van der Waals surface area (Å²) in [5.41, 5.74) is 5.54. The highest BCUT2D eigenvalue weighted by Crippen LogP contribution is 2.36. The van der Waals surface area contributed by atoms with Crippen molar-refractivity contribution in [1.29, 1.82) is 0 Å². The molecule has 3 aromatic rings. The molecule has 0 spiro atoms. The molecule has 2 heterocycles. The molecule has 0 fully saturated rings. The maximum absolute atomic E-state index is 12.3. The number of para-hydroxylation sites is 1. The highest BCUT2D eigenvalue weighted by atomic mass is 16.2. The average molecular weight is 275 g/mol. The molecule has 0 atom stereocenters. The fourth-order valence-electron chi connectivity index (χ4n) is 2.80. The fraction of sp³-hybridized carbons (Fsp3) is 0.0588. The van der Waals surface area contributed by atoms with Gasteiger partial charge in [-0.3, -0.25) is 9.89 Å². The third kappa shape index (κ3) is 1.76. The predicted octanol–water partition coefficient (Wildman–Crippen LogP) is 3.45. The van der Waals surface area contributed by atoms with Crippen molar-refractivity contribution in [3.63, 3.8) is 0 Å². The lowest BCUT2D eigenvalue weighted by Crippen LogP contribution is -2.05. The first-order valence-electron chi connectivity index (χ1n) is 6.79. The second-order valence-electron chi connectivity index (χ2n) is 5.17. The number of carbonyl (C=O) groups is 1. The number of benzene rings is 2. The summed E-state index contributed by atoms with van der Waals surface area (Å²) < 4.78 is 0. The Hall–Kier alpha value is -2.88. The van der Waals surface area contributed by atoms with Crippen LogP contribution in [0.4, 0.5) is 5.69 Å². The van der Waals surface area contributed by atoms with Crippen molar-refractivity contribution in [2.45, 2.75) is 6.92 Å². The van der Waals surface area contributed by atoms with Crippen LogP contribution in [0, 0.1) is 0 Å². The first-order valence-corrected chi connectivity index (χ1v) is 6.79. The van der Waals surface area contributed by atoms with E-state index in [1.54, 1.807) is 6.20 Å². The third-order valence-corrected chi connectivity index (χ3v) is 3.92. The van der Waals surface area contributed by atoms with Gasteiger partial charge in [0.25, 0.3) is 5.91 Å². The van der Waals surface area contributed by atoms with Crippen LogP contribution in [0.1, 0.15) is 18.1 Å². The van der Waals surface area contributed by atoms with E-state index < -0.39 is 0 Å². The molecule has 0 aliphatic carbocycles. The molecule has 4 heteroatoms. The molecule has 1 aliphatic heterocycles. The molecule has 2 aromatic carbocycles.